The van der Waals surface area contributed by atoms with Gasteiger partial charge in [-0.3, -0.25) is 0 Å². The lowest BCUT2D eigenvalue weighted by molar-refractivity contribution is 0.388. The van der Waals surface area contributed by atoms with Crippen LogP contribution in [0.3, 0.4) is 0 Å². The number of fused-ring (bicyclic) bond motifs is 1. The first-order valence-corrected chi connectivity index (χ1v) is 5.62. The fourth-order valence-corrected chi connectivity index (χ4v) is 1.52. The van der Waals surface area contributed by atoms with Crippen LogP contribution >= 0.6 is 11.6 Å². The monoisotopic (exact) mass is 238 g/mol. The van der Waals surface area contributed by atoms with Crippen molar-refractivity contribution in [1.29, 1.82) is 0 Å². The van der Waals surface area contributed by atoms with E-state index in [1.807, 2.05) is 12.1 Å². The Balaban J connectivity index is 2.20. The van der Waals surface area contributed by atoms with Crippen molar-refractivity contribution in [3.63, 3.8) is 0 Å². The van der Waals surface area contributed by atoms with Gasteiger partial charge in [0.15, 0.2) is 5.58 Å². The van der Waals surface area contributed by atoms with Gasteiger partial charge in [-0.1, -0.05) is 11.6 Å². The van der Waals surface area contributed by atoms with Gasteiger partial charge in [-0.05, 0) is 32.9 Å². The van der Waals surface area contributed by atoms with E-state index in [9.17, 15) is 0 Å². The number of nitrogens with one attached hydrogen (secondary N) is 1. The van der Waals surface area contributed by atoms with Crippen LogP contribution in [0.25, 0.3) is 11.1 Å². The van der Waals surface area contributed by atoms with E-state index < -0.39 is 0 Å². The maximum atomic E-state index is 5.87. The second-order valence-corrected chi connectivity index (χ2v) is 5.26. The summed E-state index contributed by atoms with van der Waals surface area (Å²) in [6.07, 6.45) is 0. The molecule has 0 radical (unpaired) electrons. The number of hydrogen-bond donors (Lipinski definition) is 1. The Bertz CT molecular complexity index is 499. The zero-order valence-corrected chi connectivity index (χ0v) is 10.4. The summed E-state index contributed by atoms with van der Waals surface area (Å²) < 4.78 is 5.59. The average molecular weight is 239 g/mol. The van der Waals surface area contributed by atoms with Crippen LogP contribution < -0.4 is 5.32 Å². The molecule has 0 atom stereocenters. The summed E-state index contributed by atoms with van der Waals surface area (Å²) in [4.78, 5) is 4.37. The summed E-state index contributed by atoms with van der Waals surface area (Å²) in [6.45, 7) is 6.93. The van der Waals surface area contributed by atoms with Crippen LogP contribution in [0.2, 0.25) is 5.02 Å². The number of nitrogens with zero attached hydrogens (tertiary/aromatic N) is 1. The second kappa shape index (κ2) is 4.07. The van der Waals surface area contributed by atoms with Crippen LogP contribution in [0.15, 0.2) is 22.6 Å². The van der Waals surface area contributed by atoms with Gasteiger partial charge >= 0.3 is 0 Å². The molecule has 0 unspecified atom stereocenters. The van der Waals surface area contributed by atoms with E-state index in [1.54, 1.807) is 6.07 Å². The summed E-state index contributed by atoms with van der Waals surface area (Å²) in [7, 11) is 0. The van der Waals surface area contributed by atoms with E-state index >= 15 is 0 Å². The highest BCUT2D eigenvalue weighted by Gasteiger charge is 2.11. The molecule has 0 saturated carbocycles. The second-order valence-electron chi connectivity index (χ2n) is 4.82. The topological polar surface area (TPSA) is 38.1 Å². The van der Waals surface area contributed by atoms with Gasteiger partial charge in [0.05, 0.1) is 6.54 Å². The summed E-state index contributed by atoms with van der Waals surface area (Å²) in [5.74, 6) is 0.687. The van der Waals surface area contributed by atoms with Gasteiger partial charge in [0.25, 0.3) is 0 Å². The Morgan fingerprint density at radius 1 is 1.38 bits per heavy atom. The molecule has 3 nitrogen and oxygen atoms in total. The fourth-order valence-electron chi connectivity index (χ4n) is 1.36. The van der Waals surface area contributed by atoms with Gasteiger partial charge < -0.3 is 9.73 Å². The third kappa shape index (κ3) is 2.74. The number of oxazole rings is 1. The van der Waals surface area contributed by atoms with Crippen molar-refractivity contribution in [2.45, 2.75) is 32.9 Å². The highest BCUT2D eigenvalue weighted by atomic mass is 35.5. The number of benzene rings is 1. The molecule has 0 saturated heterocycles. The van der Waals surface area contributed by atoms with Crippen molar-refractivity contribution in [1.82, 2.24) is 10.3 Å². The van der Waals surface area contributed by atoms with E-state index in [1.165, 1.54) is 0 Å². The van der Waals surface area contributed by atoms with Gasteiger partial charge in [0.1, 0.15) is 5.52 Å². The number of rotatable bonds is 2. The molecule has 4 heteroatoms. The Morgan fingerprint density at radius 2 is 2.12 bits per heavy atom. The molecule has 16 heavy (non-hydrogen) atoms. The van der Waals surface area contributed by atoms with E-state index in [0.29, 0.717) is 17.5 Å². The van der Waals surface area contributed by atoms with Gasteiger partial charge in [0.2, 0.25) is 5.89 Å². The molecule has 0 fully saturated rings. The van der Waals surface area contributed by atoms with Gasteiger partial charge in [-0.25, -0.2) is 4.98 Å². The summed E-state index contributed by atoms with van der Waals surface area (Å²) >= 11 is 5.87. The summed E-state index contributed by atoms with van der Waals surface area (Å²) in [5, 5.41) is 3.99. The largest absolute Gasteiger partial charge is 0.439 e. The lowest BCUT2D eigenvalue weighted by Crippen LogP contribution is -2.35. The smallest absolute Gasteiger partial charge is 0.209 e. The minimum atomic E-state index is 0.0539. The minimum Gasteiger partial charge on any atom is -0.439 e. The Labute approximate surface area is 99.8 Å². The number of aromatic nitrogens is 1. The van der Waals surface area contributed by atoms with Crippen molar-refractivity contribution in [2.75, 3.05) is 0 Å². The van der Waals surface area contributed by atoms with Crippen LogP contribution in [0.4, 0.5) is 0 Å². The standard InChI is InChI=1S/C12H15ClN2O/c1-12(2,3)14-7-11-15-9-5-4-8(13)6-10(9)16-11/h4-6,14H,7H2,1-3H3. The third-order valence-corrected chi connectivity index (χ3v) is 2.40. The van der Waals surface area contributed by atoms with Crippen molar-refractivity contribution >= 4 is 22.7 Å². The quantitative estimate of drug-likeness (QED) is 0.872. The highest BCUT2D eigenvalue weighted by molar-refractivity contribution is 6.31. The molecule has 0 spiro atoms. The molecule has 0 aliphatic carbocycles. The molecule has 2 aromatic rings. The van der Waals surface area contributed by atoms with Crippen molar-refractivity contribution in [2.24, 2.45) is 0 Å². The van der Waals surface area contributed by atoms with E-state index in [-0.39, 0.29) is 5.54 Å². The first-order chi connectivity index (χ1) is 7.44. The molecule has 0 aliphatic rings. The molecular formula is C12H15ClN2O. The Morgan fingerprint density at radius 3 is 2.81 bits per heavy atom. The number of hydrogen-bond acceptors (Lipinski definition) is 3. The SMILES string of the molecule is CC(C)(C)NCc1nc2ccc(Cl)cc2o1. The number of halogens is 1. The zero-order chi connectivity index (χ0) is 11.8. The van der Waals surface area contributed by atoms with E-state index in [2.05, 4.69) is 31.1 Å². The molecule has 0 bridgehead atoms. The first-order valence-electron chi connectivity index (χ1n) is 5.24. The van der Waals surface area contributed by atoms with Gasteiger partial charge in [-0.2, -0.15) is 0 Å². The fraction of sp³-hybridized carbons (Fsp3) is 0.417. The van der Waals surface area contributed by atoms with Crippen LogP contribution in [0, 0.1) is 0 Å². The molecule has 1 aromatic carbocycles. The lowest BCUT2D eigenvalue weighted by atomic mass is 10.1. The predicted octanol–water partition coefficient (Wildman–Crippen LogP) is 3.37. The van der Waals surface area contributed by atoms with Crippen LogP contribution in [-0.4, -0.2) is 10.5 Å². The Kier molecular flexibility index (Phi) is 2.91. The maximum Gasteiger partial charge on any atom is 0.209 e. The van der Waals surface area contributed by atoms with Crippen LogP contribution in [0.1, 0.15) is 26.7 Å². The molecule has 0 amide bonds. The Hall–Kier alpha value is -1.06. The molecule has 0 aliphatic heterocycles. The molecule has 1 aromatic heterocycles. The highest BCUT2D eigenvalue weighted by Crippen LogP contribution is 2.20. The minimum absolute atomic E-state index is 0.0539. The van der Waals surface area contributed by atoms with Crippen molar-refractivity contribution in [3.8, 4) is 0 Å². The zero-order valence-electron chi connectivity index (χ0n) is 9.67. The summed E-state index contributed by atoms with van der Waals surface area (Å²) in [5.41, 5.74) is 1.63. The maximum absolute atomic E-state index is 5.87. The molecule has 1 heterocycles. The lowest BCUT2D eigenvalue weighted by Gasteiger charge is -2.18. The molecular weight excluding hydrogens is 224 g/mol. The van der Waals surface area contributed by atoms with E-state index in [0.717, 1.165) is 11.1 Å². The molecule has 2 rings (SSSR count). The normalized spacial score (nSPS) is 12.2. The average Bonchev–Trinajstić information content (AvgIpc) is 2.55. The van der Waals surface area contributed by atoms with Crippen LogP contribution in [-0.2, 0) is 6.54 Å². The van der Waals surface area contributed by atoms with Gasteiger partial charge in [-0.15, -0.1) is 0 Å². The molecule has 86 valence electrons. The first kappa shape index (κ1) is 11.4. The third-order valence-electron chi connectivity index (χ3n) is 2.16. The predicted molar refractivity (Wildman–Crippen MR) is 65.6 cm³/mol. The van der Waals surface area contributed by atoms with Crippen LogP contribution in [0.5, 0.6) is 0 Å². The van der Waals surface area contributed by atoms with Crippen molar-refractivity contribution in [3.05, 3.63) is 29.1 Å². The molecule has 1 N–H and O–H groups in total. The van der Waals surface area contributed by atoms with Gasteiger partial charge in [0, 0.05) is 16.6 Å². The summed E-state index contributed by atoms with van der Waals surface area (Å²) in [6, 6.07) is 5.46. The van der Waals surface area contributed by atoms with E-state index in [4.69, 9.17) is 16.0 Å². The van der Waals surface area contributed by atoms with Crippen molar-refractivity contribution < 1.29 is 4.42 Å².